The van der Waals surface area contributed by atoms with E-state index in [4.69, 9.17) is 11.6 Å². The molecular weight excluding hydrogens is 300 g/mol. The Morgan fingerprint density at radius 2 is 2.05 bits per heavy atom. The van der Waals surface area contributed by atoms with Crippen LogP contribution >= 0.6 is 11.6 Å². The molecule has 0 aromatic carbocycles. The Balaban J connectivity index is 2.19. The lowest BCUT2D eigenvalue weighted by molar-refractivity contribution is 0.580. The van der Waals surface area contributed by atoms with Gasteiger partial charge in [-0.05, 0) is 26.0 Å². The van der Waals surface area contributed by atoms with Crippen molar-refractivity contribution in [3.05, 3.63) is 40.4 Å². The summed E-state index contributed by atoms with van der Waals surface area (Å²) in [5.74, 6) is 0. The second-order valence-electron chi connectivity index (χ2n) is 4.41. The van der Waals surface area contributed by atoms with Gasteiger partial charge in [0.05, 0.1) is 5.69 Å². The zero-order valence-electron chi connectivity index (χ0n) is 11.4. The molecule has 0 radical (unpaired) electrons. The van der Waals surface area contributed by atoms with Gasteiger partial charge in [0, 0.05) is 31.0 Å². The summed E-state index contributed by atoms with van der Waals surface area (Å²) in [7, 11) is -1.78. The van der Waals surface area contributed by atoms with Crippen LogP contribution in [0.5, 0.6) is 0 Å². The molecule has 0 bridgehead atoms. The average molecular weight is 315 g/mol. The van der Waals surface area contributed by atoms with Crippen LogP contribution in [0.3, 0.4) is 0 Å². The number of hydrogen-bond acceptors (Lipinski definition) is 4. The van der Waals surface area contributed by atoms with E-state index in [9.17, 15) is 8.42 Å². The maximum Gasteiger partial charge on any atom is 0.242 e. The number of nitrogens with zero attached hydrogens (tertiary/aromatic N) is 3. The van der Waals surface area contributed by atoms with Crippen LogP contribution in [0.2, 0.25) is 5.15 Å². The highest BCUT2D eigenvalue weighted by atomic mass is 35.5. The second-order valence-corrected chi connectivity index (χ2v) is 6.57. The lowest BCUT2D eigenvalue weighted by atomic mass is 10.2. The molecule has 2 aromatic heterocycles. The fraction of sp³-hybridized carbons (Fsp3) is 0.333. The van der Waals surface area contributed by atoms with Crippen LogP contribution in [0.25, 0.3) is 0 Å². The topological polar surface area (TPSA) is 76.9 Å². The first kappa shape index (κ1) is 15.0. The molecular formula is C12H15ClN4O2S. The van der Waals surface area contributed by atoms with Crippen LogP contribution in [0.4, 0.5) is 0 Å². The van der Waals surface area contributed by atoms with Gasteiger partial charge in [-0.1, -0.05) is 11.6 Å². The standard InChI is InChI=1S/C12H15ClN4O2S/c1-8-11(9(2)17(3)16-8)7-15-20(18,19)10-4-5-12(13)14-6-10/h4-6,15H,7H2,1-3H3. The Bertz CT molecular complexity index is 723. The van der Waals surface area contributed by atoms with E-state index in [0.29, 0.717) is 0 Å². The molecule has 0 spiro atoms. The van der Waals surface area contributed by atoms with Crippen molar-refractivity contribution in [2.45, 2.75) is 25.3 Å². The molecule has 0 amide bonds. The van der Waals surface area contributed by atoms with E-state index in [1.54, 1.807) is 4.68 Å². The minimum absolute atomic E-state index is 0.0843. The Kier molecular flexibility index (Phi) is 4.12. The first-order chi connectivity index (χ1) is 9.31. The molecule has 0 saturated heterocycles. The third-order valence-electron chi connectivity index (χ3n) is 3.11. The van der Waals surface area contributed by atoms with E-state index in [1.165, 1.54) is 18.3 Å². The number of nitrogens with one attached hydrogen (secondary N) is 1. The largest absolute Gasteiger partial charge is 0.272 e. The molecule has 0 fully saturated rings. The number of aromatic nitrogens is 3. The van der Waals surface area contributed by atoms with Gasteiger partial charge in [-0.25, -0.2) is 18.1 Å². The number of sulfonamides is 1. The van der Waals surface area contributed by atoms with Crippen molar-refractivity contribution in [2.24, 2.45) is 7.05 Å². The smallest absolute Gasteiger partial charge is 0.242 e. The van der Waals surface area contributed by atoms with Crippen LogP contribution in [0, 0.1) is 13.8 Å². The number of aryl methyl sites for hydroxylation is 2. The van der Waals surface area contributed by atoms with Crippen LogP contribution in [-0.4, -0.2) is 23.2 Å². The molecule has 0 saturated carbocycles. The monoisotopic (exact) mass is 314 g/mol. The fourth-order valence-corrected chi connectivity index (χ4v) is 2.90. The van der Waals surface area contributed by atoms with Crippen molar-refractivity contribution in [3.8, 4) is 0 Å². The lowest BCUT2D eigenvalue weighted by Crippen LogP contribution is -2.24. The normalized spacial score (nSPS) is 11.8. The van der Waals surface area contributed by atoms with Gasteiger partial charge >= 0.3 is 0 Å². The Labute approximate surface area is 122 Å². The molecule has 0 unspecified atom stereocenters. The third kappa shape index (κ3) is 3.00. The first-order valence-electron chi connectivity index (χ1n) is 5.91. The number of hydrogen-bond donors (Lipinski definition) is 1. The average Bonchev–Trinajstić information content (AvgIpc) is 2.62. The molecule has 0 aliphatic carbocycles. The molecule has 1 N–H and O–H groups in total. The molecule has 2 heterocycles. The number of pyridine rings is 1. The molecule has 0 aliphatic heterocycles. The lowest BCUT2D eigenvalue weighted by Gasteiger charge is -2.07. The van der Waals surface area contributed by atoms with E-state index in [0.717, 1.165) is 17.0 Å². The number of halogens is 1. The zero-order chi connectivity index (χ0) is 14.9. The van der Waals surface area contributed by atoms with Crippen molar-refractivity contribution in [3.63, 3.8) is 0 Å². The molecule has 8 heteroatoms. The summed E-state index contributed by atoms with van der Waals surface area (Å²) in [6, 6.07) is 2.86. The van der Waals surface area contributed by atoms with Crippen LogP contribution in [-0.2, 0) is 23.6 Å². The molecule has 0 aliphatic rings. The van der Waals surface area contributed by atoms with Crippen LogP contribution in [0.15, 0.2) is 23.2 Å². The van der Waals surface area contributed by atoms with Gasteiger partial charge in [0.1, 0.15) is 10.0 Å². The maximum absolute atomic E-state index is 12.1. The summed E-state index contributed by atoms with van der Waals surface area (Å²) in [5, 5.41) is 4.50. The Morgan fingerprint density at radius 3 is 2.55 bits per heavy atom. The van der Waals surface area contributed by atoms with Crippen molar-refractivity contribution in [2.75, 3.05) is 0 Å². The highest BCUT2D eigenvalue weighted by Gasteiger charge is 2.17. The molecule has 20 heavy (non-hydrogen) atoms. The number of rotatable bonds is 4. The second kappa shape index (κ2) is 5.51. The van der Waals surface area contributed by atoms with Crippen molar-refractivity contribution in [1.29, 1.82) is 0 Å². The Morgan fingerprint density at radius 1 is 1.35 bits per heavy atom. The highest BCUT2D eigenvalue weighted by molar-refractivity contribution is 7.89. The van der Waals surface area contributed by atoms with Crippen molar-refractivity contribution >= 4 is 21.6 Å². The van der Waals surface area contributed by atoms with Crippen molar-refractivity contribution < 1.29 is 8.42 Å². The molecule has 108 valence electrons. The first-order valence-corrected chi connectivity index (χ1v) is 7.77. The predicted octanol–water partition coefficient (Wildman–Crippen LogP) is 1.56. The van der Waals surface area contributed by atoms with Gasteiger partial charge in [-0.2, -0.15) is 5.10 Å². The summed E-state index contributed by atoms with van der Waals surface area (Å²) in [5.41, 5.74) is 2.61. The minimum atomic E-state index is -3.61. The van der Waals surface area contributed by atoms with Gasteiger partial charge in [0.2, 0.25) is 10.0 Å². The SMILES string of the molecule is Cc1nn(C)c(C)c1CNS(=O)(=O)c1ccc(Cl)nc1. The third-order valence-corrected chi connectivity index (χ3v) is 4.72. The van der Waals surface area contributed by atoms with Gasteiger partial charge in [-0.15, -0.1) is 0 Å². The van der Waals surface area contributed by atoms with Gasteiger partial charge < -0.3 is 0 Å². The van der Waals surface area contributed by atoms with Gasteiger partial charge in [0.15, 0.2) is 0 Å². The van der Waals surface area contributed by atoms with Gasteiger partial charge in [-0.3, -0.25) is 4.68 Å². The van der Waals surface area contributed by atoms with Crippen LogP contribution in [0.1, 0.15) is 17.0 Å². The molecule has 0 atom stereocenters. The summed E-state index contributed by atoms with van der Waals surface area (Å²) in [6.07, 6.45) is 1.23. The molecule has 2 aromatic rings. The molecule has 2 rings (SSSR count). The summed E-state index contributed by atoms with van der Waals surface area (Å²) in [4.78, 5) is 3.85. The van der Waals surface area contributed by atoms with E-state index in [-0.39, 0.29) is 16.6 Å². The molecule has 6 nitrogen and oxygen atoms in total. The summed E-state index contributed by atoms with van der Waals surface area (Å²) in [6.45, 7) is 3.93. The van der Waals surface area contributed by atoms with E-state index >= 15 is 0 Å². The maximum atomic E-state index is 12.1. The highest BCUT2D eigenvalue weighted by Crippen LogP contribution is 2.14. The van der Waals surface area contributed by atoms with E-state index in [2.05, 4.69) is 14.8 Å². The predicted molar refractivity (Wildman–Crippen MR) is 76.0 cm³/mol. The van der Waals surface area contributed by atoms with E-state index in [1.807, 2.05) is 20.9 Å². The summed E-state index contributed by atoms with van der Waals surface area (Å²) >= 11 is 5.64. The van der Waals surface area contributed by atoms with Crippen molar-refractivity contribution in [1.82, 2.24) is 19.5 Å². The quantitative estimate of drug-likeness (QED) is 0.869. The summed E-state index contributed by atoms with van der Waals surface area (Å²) < 4.78 is 28.5. The Hall–Kier alpha value is -1.44. The van der Waals surface area contributed by atoms with E-state index < -0.39 is 10.0 Å². The van der Waals surface area contributed by atoms with Crippen LogP contribution < -0.4 is 4.72 Å². The zero-order valence-corrected chi connectivity index (χ0v) is 13.0. The minimum Gasteiger partial charge on any atom is -0.272 e. The van der Waals surface area contributed by atoms with Gasteiger partial charge in [0.25, 0.3) is 0 Å². The fourth-order valence-electron chi connectivity index (χ4n) is 1.85.